The lowest BCUT2D eigenvalue weighted by molar-refractivity contribution is 0.470. The molecule has 1 heterocycles. The van der Waals surface area contributed by atoms with E-state index in [2.05, 4.69) is 9.50 Å². The highest BCUT2D eigenvalue weighted by Crippen LogP contribution is 2.30. The molecule has 6 nitrogen and oxygen atoms in total. The van der Waals surface area contributed by atoms with Crippen LogP contribution in [0.3, 0.4) is 0 Å². The predicted molar refractivity (Wildman–Crippen MR) is 133 cm³/mol. The maximum absolute atomic E-state index is 13.1. The van der Waals surface area contributed by atoms with Crippen molar-refractivity contribution in [3.05, 3.63) is 99.6 Å². The molecule has 8 heteroatoms. The summed E-state index contributed by atoms with van der Waals surface area (Å²) in [4.78, 5) is 0.178. The summed E-state index contributed by atoms with van der Waals surface area (Å²) in [6.07, 6.45) is 0. The molecule has 1 aliphatic rings. The van der Waals surface area contributed by atoms with E-state index in [1.807, 2.05) is 61.5 Å². The lowest BCUT2D eigenvalue weighted by atomic mass is 9.91. The maximum Gasteiger partial charge on any atom is 0.286 e. The Kier molecular flexibility index (Phi) is 6.28. The fourth-order valence-corrected chi connectivity index (χ4v) is 5.75. The molecule has 1 unspecified atom stereocenters. The van der Waals surface area contributed by atoms with Crippen molar-refractivity contribution >= 4 is 33.3 Å². The lowest BCUT2D eigenvalue weighted by Crippen LogP contribution is -2.33. The van der Waals surface area contributed by atoms with Crippen LogP contribution in [0.4, 0.5) is 0 Å². The fraction of sp³-hybridized carbons (Fsp3) is 0.200. The molecule has 3 aromatic carbocycles. The molecule has 1 atom stereocenters. The van der Waals surface area contributed by atoms with Gasteiger partial charge in [0, 0.05) is 10.9 Å². The topological polar surface area (TPSA) is 88.1 Å². The molecule has 33 heavy (non-hydrogen) atoms. The van der Waals surface area contributed by atoms with E-state index in [1.54, 1.807) is 26.0 Å². The third kappa shape index (κ3) is 4.79. The lowest BCUT2D eigenvalue weighted by Gasteiger charge is -2.16. The van der Waals surface area contributed by atoms with Crippen LogP contribution >= 0.6 is 11.6 Å². The number of nitrogens with two attached hydrogens (primary N) is 1. The van der Waals surface area contributed by atoms with Crippen molar-refractivity contribution in [1.82, 2.24) is 5.01 Å². The second-order valence-electron chi connectivity index (χ2n) is 8.19. The van der Waals surface area contributed by atoms with E-state index in [9.17, 15) is 8.42 Å². The van der Waals surface area contributed by atoms with Crippen LogP contribution in [0.2, 0.25) is 5.02 Å². The van der Waals surface area contributed by atoms with Crippen molar-refractivity contribution in [2.75, 3.05) is 6.54 Å². The molecule has 0 amide bonds. The Morgan fingerprint density at radius 1 is 1.03 bits per heavy atom. The smallest absolute Gasteiger partial charge is 0.286 e. The van der Waals surface area contributed by atoms with Gasteiger partial charge in [0.05, 0.1) is 17.2 Å². The molecular formula is C25H25ClN4O2S. The highest BCUT2D eigenvalue weighted by molar-refractivity contribution is 7.90. The molecule has 0 bridgehead atoms. The number of hydrazone groups is 1. The number of hydrogen-bond donors (Lipinski definition) is 1. The summed E-state index contributed by atoms with van der Waals surface area (Å²) in [6.45, 7) is 5.82. The number of aryl methyl sites for hydroxylation is 3. The second-order valence-corrected chi connectivity index (χ2v) is 10.2. The van der Waals surface area contributed by atoms with E-state index in [1.165, 1.54) is 5.01 Å². The van der Waals surface area contributed by atoms with Crippen LogP contribution in [0.5, 0.6) is 0 Å². The number of hydrogen-bond acceptors (Lipinski definition) is 3. The third-order valence-electron chi connectivity index (χ3n) is 5.60. The summed E-state index contributed by atoms with van der Waals surface area (Å²) in [7, 11) is -4.01. The van der Waals surface area contributed by atoms with Gasteiger partial charge < -0.3 is 5.73 Å². The Morgan fingerprint density at radius 3 is 2.24 bits per heavy atom. The summed E-state index contributed by atoms with van der Waals surface area (Å²) in [5.74, 6) is -0.272. The minimum atomic E-state index is -4.01. The number of sulfonamides is 1. The Morgan fingerprint density at radius 2 is 1.64 bits per heavy atom. The van der Waals surface area contributed by atoms with Crippen molar-refractivity contribution < 1.29 is 8.42 Å². The molecule has 0 saturated carbocycles. The maximum atomic E-state index is 13.1. The summed E-state index contributed by atoms with van der Waals surface area (Å²) in [5, 5.41) is 6.75. The van der Waals surface area contributed by atoms with Crippen LogP contribution in [0.1, 0.15) is 33.7 Å². The monoisotopic (exact) mass is 480 g/mol. The van der Waals surface area contributed by atoms with Crippen molar-refractivity contribution in [2.45, 2.75) is 31.6 Å². The average molecular weight is 481 g/mol. The zero-order valence-electron chi connectivity index (χ0n) is 18.7. The van der Waals surface area contributed by atoms with Crippen LogP contribution in [0.15, 0.2) is 81.1 Å². The van der Waals surface area contributed by atoms with Crippen molar-refractivity contribution in [3.8, 4) is 0 Å². The Balaban J connectivity index is 1.74. The fourth-order valence-electron chi connectivity index (χ4n) is 4.26. The first-order chi connectivity index (χ1) is 15.7. The quantitative estimate of drug-likeness (QED) is 0.430. The molecule has 0 saturated heterocycles. The van der Waals surface area contributed by atoms with E-state index >= 15 is 0 Å². The number of rotatable bonds is 4. The SMILES string of the molecule is Cc1cc(C)c(S(=O)(=O)N=C(N)N2CC(c3ccccc3)C(c3ccc(Cl)cc3)=N2)c(C)c1. The molecule has 0 radical (unpaired) electrons. The van der Waals surface area contributed by atoms with E-state index in [0.717, 1.165) is 22.4 Å². The number of benzene rings is 3. The first kappa shape index (κ1) is 23.0. The molecule has 170 valence electrons. The first-order valence-electron chi connectivity index (χ1n) is 10.5. The van der Waals surface area contributed by atoms with E-state index in [0.29, 0.717) is 22.7 Å². The standard InChI is InChI=1S/C25H25ClN4O2S/c1-16-13-17(2)24(18(3)14-16)33(31,32)29-25(27)30-15-22(19-7-5-4-6-8-19)23(28-30)20-9-11-21(26)12-10-20/h4-14,22H,15H2,1-3H3,(H2,27,29). The van der Waals surface area contributed by atoms with Crippen LogP contribution in [0, 0.1) is 20.8 Å². The molecule has 0 aromatic heterocycles. The van der Waals surface area contributed by atoms with Crippen LogP contribution < -0.4 is 5.73 Å². The summed E-state index contributed by atoms with van der Waals surface area (Å²) in [6, 6.07) is 20.9. The van der Waals surface area contributed by atoms with Crippen molar-refractivity contribution in [2.24, 2.45) is 15.2 Å². The van der Waals surface area contributed by atoms with Crippen molar-refractivity contribution in [3.63, 3.8) is 0 Å². The van der Waals surface area contributed by atoms with E-state index < -0.39 is 10.0 Å². The van der Waals surface area contributed by atoms with Gasteiger partial charge in [-0.15, -0.1) is 4.40 Å². The minimum Gasteiger partial charge on any atom is -0.367 e. The van der Waals surface area contributed by atoms with Gasteiger partial charge >= 0.3 is 0 Å². The van der Waals surface area contributed by atoms with Crippen LogP contribution in [0.25, 0.3) is 0 Å². The predicted octanol–water partition coefficient (Wildman–Crippen LogP) is 4.77. The molecule has 1 aliphatic heterocycles. The molecule has 0 spiro atoms. The van der Waals surface area contributed by atoms with Gasteiger partial charge in [0.25, 0.3) is 10.0 Å². The summed E-state index contributed by atoms with van der Waals surface area (Å²) >= 11 is 6.06. The molecule has 0 fully saturated rings. The largest absolute Gasteiger partial charge is 0.367 e. The number of halogens is 1. The van der Waals surface area contributed by atoms with Gasteiger partial charge in [0.2, 0.25) is 5.96 Å². The molecular weight excluding hydrogens is 456 g/mol. The third-order valence-corrected chi connectivity index (χ3v) is 7.44. The zero-order valence-corrected chi connectivity index (χ0v) is 20.2. The van der Waals surface area contributed by atoms with Gasteiger partial charge in [0.15, 0.2) is 0 Å². The second kappa shape index (κ2) is 9.00. The number of nitrogens with zero attached hydrogens (tertiary/aromatic N) is 3. The van der Waals surface area contributed by atoms with Gasteiger partial charge in [-0.25, -0.2) is 5.01 Å². The Hall–Kier alpha value is -3.16. The van der Waals surface area contributed by atoms with E-state index in [-0.39, 0.29) is 16.8 Å². The first-order valence-corrected chi connectivity index (χ1v) is 12.3. The Bertz CT molecular complexity index is 1330. The molecule has 0 aliphatic carbocycles. The van der Waals surface area contributed by atoms with Gasteiger partial charge in [-0.3, -0.25) is 0 Å². The van der Waals surface area contributed by atoms with Crippen LogP contribution in [-0.2, 0) is 10.0 Å². The van der Waals surface area contributed by atoms with Gasteiger partial charge in [-0.1, -0.05) is 71.8 Å². The summed E-state index contributed by atoms with van der Waals surface area (Å²) in [5.41, 5.74) is 11.2. The molecule has 3 aromatic rings. The van der Waals surface area contributed by atoms with E-state index in [4.69, 9.17) is 17.3 Å². The summed E-state index contributed by atoms with van der Waals surface area (Å²) < 4.78 is 30.2. The molecule has 2 N–H and O–H groups in total. The van der Waals surface area contributed by atoms with Gasteiger partial charge in [0.1, 0.15) is 0 Å². The highest BCUT2D eigenvalue weighted by atomic mass is 35.5. The molecule has 4 rings (SSSR count). The Labute approximate surface area is 199 Å². The van der Waals surface area contributed by atoms with Crippen molar-refractivity contribution in [1.29, 1.82) is 0 Å². The zero-order chi connectivity index (χ0) is 23.8. The number of guanidine groups is 1. The normalized spacial score (nSPS) is 16.7. The highest BCUT2D eigenvalue weighted by Gasteiger charge is 2.32. The minimum absolute atomic E-state index is 0.105. The van der Waals surface area contributed by atoms with Gasteiger partial charge in [-0.2, -0.15) is 13.5 Å². The van der Waals surface area contributed by atoms with Gasteiger partial charge in [-0.05, 0) is 55.2 Å². The van der Waals surface area contributed by atoms with Crippen LogP contribution in [-0.4, -0.2) is 31.6 Å². The average Bonchev–Trinajstić information content (AvgIpc) is 3.19.